The van der Waals surface area contributed by atoms with Gasteiger partial charge >= 0.3 is 11.8 Å². The molecule has 0 radical (unpaired) electrons. The summed E-state index contributed by atoms with van der Waals surface area (Å²) in [5.74, 6) is 0.301. The molecule has 1 aromatic rings. The number of benzene rings is 1. The van der Waals surface area contributed by atoms with Crippen LogP contribution in [-0.2, 0) is 14.3 Å². The number of amides is 2. The van der Waals surface area contributed by atoms with Crippen LogP contribution in [0.5, 0.6) is 5.75 Å². The van der Waals surface area contributed by atoms with Crippen molar-refractivity contribution >= 4 is 17.5 Å². The number of hydrogen-bond donors (Lipinski definition) is 1. The minimum absolute atomic E-state index is 0.189. The summed E-state index contributed by atoms with van der Waals surface area (Å²) in [6.07, 6.45) is 4.90. The predicted molar refractivity (Wildman–Crippen MR) is 99.1 cm³/mol. The van der Waals surface area contributed by atoms with Crippen molar-refractivity contribution in [3.05, 3.63) is 24.3 Å². The fourth-order valence-corrected chi connectivity index (χ4v) is 3.60. The number of nitrogens with one attached hydrogen (secondary N) is 1. The Labute approximate surface area is 154 Å². The van der Waals surface area contributed by atoms with E-state index >= 15 is 0 Å². The highest BCUT2D eigenvalue weighted by atomic mass is 16.5. The minimum Gasteiger partial charge on any atom is -0.493 e. The first-order chi connectivity index (χ1) is 12.7. The maximum absolute atomic E-state index is 12.3. The molecule has 0 spiro atoms. The van der Waals surface area contributed by atoms with Gasteiger partial charge in [0, 0.05) is 31.5 Å². The van der Waals surface area contributed by atoms with Crippen LogP contribution >= 0.6 is 0 Å². The highest BCUT2D eigenvalue weighted by Crippen LogP contribution is 2.22. The summed E-state index contributed by atoms with van der Waals surface area (Å²) < 4.78 is 11.2. The lowest BCUT2D eigenvalue weighted by Crippen LogP contribution is -2.42. The van der Waals surface area contributed by atoms with Gasteiger partial charge in [-0.1, -0.05) is 6.92 Å². The molecule has 6 nitrogen and oxygen atoms in total. The number of carbonyl (C=O) groups excluding carboxylic acids is 2. The molecule has 2 aliphatic heterocycles. The molecule has 0 bridgehead atoms. The van der Waals surface area contributed by atoms with E-state index in [4.69, 9.17) is 9.47 Å². The average molecular weight is 360 g/mol. The van der Waals surface area contributed by atoms with Crippen molar-refractivity contribution < 1.29 is 19.1 Å². The van der Waals surface area contributed by atoms with E-state index in [0.717, 1.165) is 51.1 Å². The maximum atomic E-state index is 12.3. The molecule has 2 saturated heterocycles. The summed E-state index contributed by atoms with van der Waals surface area (Å²) in [7, 11) is 0. The molecular formula is C20H28N2O4. The molecule has 26 heavy (non-hydrogen) atoms. The zero-order valence-corrected chi connectivity index (χ0v) is 15.4. The summed E-state index contributed by atoms with van der Waals surface area (Å²) in [6, 6.07) is 7.38. The van der Waals surface area contributed by atoms with E-state index in [-0.39, 0.29) is 6.04 Å². The third-order valence-electron chi connectivity index (χ3n) is 5.24. The molecule has 1 N–H and O–H groups in total. The Balaban J connectivity index is 1.48. The monoisotopic (exact) mass is 360 g/mol. The molecule has 1 unspecified atom stereocenters. The van der Waals surface area contributed by atoms with Crippen molar-refractivity contribution in [2.75, 3.05) is 31.7 Å². The van der Waals surface area contributed by atoms with E-state index in [1.807, 2.05) is 19.1 Å². The van der Waals surface area contributed by atoms with Gasteiger partial charge in [0.2, 0.25) is 0 Å². The summed E-state index contributed by atoms with van der Waals surface area (Å²) in [5, 5.41) is 2.69. The Kier molecular flexibility index (Phi) is 6.50. The van der Waals surface area contributed by atoms with Crippen LogP contribution in [0.3, 0.4) is 0 Å². The molecule has 6 heteroatoms. The standard InChI is InChI=1S/C20H28N2O4/c1-2-17-4-3-11-22(17)20(24)19(23)21-16-5-7-18(8-6-16)26-14-15-9-12-25-13-10-15/h5-8,15,17H,2-4,9-14H2,1H3,(H,21,23). The van der Waals surface area contributed by atoms with Gasteiger partial charge in [0.1, 0.15) is 5.75 Å². The van der Waals surface area contributed by atoms with Gasteiger partial charge in [0.25, 0.3) is 0 Å². The zero-order valence-electron chi connectivity index (χ0n) is 15.4. The van der Waals surface area contributed by atoms with Crippen molar-refractivity contribution in [3.63, 3.8) is 0 Å². The summed E-state index contributed by atoms with van der Waals surface area (Å²) in [5.41, 5.74) is 0.606. The molecular weight excluding hydrogens is 332 g/mol. The van der Waals surface area contributed by atoms with Crippen molar-refractivity contribution in [2.24, 2.45) is 5.92 Å². The number of hydrogen-bond acceptors (Lipinski definition) is 4. The van der Waals surface area contributed by atoms with Gasteiger partial charge in [-0.15, -0.1) is 0 Å². The van der Waals surface area contributed by atoms with Crippen molar-refractivity contribution in [1.82, 2.24) is 4.90 Å². The Morgan fingerprint density at radius 2 is 1.92 bits per heavy atom. The first-order valence-electron chi connectivity index (χ1n) is 9.60. The number of carbonyl (C=O) groups is 2. The van der Waals surface area contributed by atoms with Crippen LogP contribution in [0.15, 0.2) is 24.3 Å². The van der Waals surface area contributed by atoms with E-state index in [0.29, 0.717) is 24.8 Å². The highest BCUT2D eigenvalue weighted by molar-refractivity contribution is 6.39. The lowest BCUT2D eigenvalue weighted by Gasteiger charge is -2.23. The van der Waals surface area contributed by atoms with Crippen LogP contribution in [0.2, 0.25) is 0 Å². The lowest BCUT2D eigenvalue weighted by molar-refractivity contribution is -0.143. The number of likely N-dealkylation sites (tertiary alicyclic amines) is 1. The molecule has 142 valence electrons. The second-order valence-corrected chi connectivity index (χ2v) is 7.05. The van der Waals surface area contributed by atoms with Crippen LogP contribution in [0.1, 0.15) is 39.0 Å². The van der Waals surface area contributed by atoms with Crippen LogP contribution < -0.4 is 10.1 Å². The van der Waals surface area contributed by atoms with Gasteiger partial charge < -0.3 is 19.7 Å². The second-order valence-electron chi connectivity index (χ2n) is 7.05. The molecule has 2 fully saturated rings. The van der Waals surface area contributed by atoms with E-state index < -0.39 is 11.8 Å². The summed E-state index contributed by atoms with van der Waals surface area (Å²) in [4.78, 5) is 26.3. The molecule has 2 amide bonds. The van der Waals surface area contributed by atoms with Gasteiger partial charge in [-0.25, -0.2) is 0 Å². The quantitative estimate of drug-likeness (QED) is 0.820. The fraction of sp³-hybridized carbons (Fsp3) is 0.600. The molecule has 1 atom stereocenters. The maximum Gasteiger partial charge on any atom is 0.313 e. The summed E-state index contributed by atoms with van der Waals surface area (Å²) in [6.45, 7) is 5.02. The molecule has 0 saturated carbocycles. The number of nitrogens with zero attached hydrogens (tertiary/aromatic N) is 1. The van der Waals surface area contributed by atoms with Gasteiger partial charge in [-0.3, -0.25) is 9.59 Å². The van der Waals surface area contributed by atoms with Crippen molar-refractivity contribution in [2.45, 2.75) is 45.1 Å². The Hall–Kier alpha value is -2.08. The minimum atomic E-state index is -0.568. The van der Waals surface area contributed by atoms with Crippen LogP contribution in [0.25, 0.3) is 0 Å². The largest absolute Gasteiger partial charge is 0.493 e. The third kappa shape index (κ3) is 4.75. The van der Waals surface area contributed by atoms with Crippen molar-refractivity contribution in [3.8, 4) is 5.75 Å². The average Bonchev–Trinajstić information content (AvgIpc) is 3.16. The normalized spacial score (nSPS) is 20.8. The van der Waals surface area contributed by atoms with E-state index in [2.05, 4.69) is 5.32 Å². The molecule has 3 rings (SSSR count). The number of anilines is 1. The first-order valence-corrected chi connectivity index (χ1v) is 9.60. The van der Waals surface area contributed by atoms with E-state index in [9.17, 15) is 9.59 Å². The van der Waals surface area contributed by atoms with Gasteiger partial charge in [0.05, 0.1) is 6.61 Å². The number of ether oxygens (including phenoxy) is 2. The molecule has 2 heterocycles. The Morgan fingerprint density at radius 3 is 2.62 bits per heavy atom. The van der Waals surface area contributed by atoms with E-state index in [1.165, 1.54) is 0 Å². The number of rotatable bonds is 5. The molecule has 2 aliphatic rings. The summed E-state index contributed by atoms with van der Waals surface area (Å²) >= 11 is 0. The third-order valence-corrected chi connectivity index (χ3v) is 5.24. The van der Waals surface area contributed by atoms with Crippen molar-refractivity contribution in [1.29, 1.82) is 0 Å². The highest BCUT2D eigenvalue weighted by Gasteiger charge is 2.31. The fourth-order valence-electron chi connectivity index (χ4n) is 3.60. The Morgan fingerprint density at radius 1 is 1.19 bits per heavy atom. The van der Waals surface area contributed by atoms with Gasteiger partial charge in [0.15, 0.2) is 0 Å². The molecule has 0 aliphatic carbocycles. The van der Waals surface area contributed by atoms with Crippen LogP contribution in [0, 0.1) is 5.92 Å². The van der Waals surface area contributed by atoms with Crippen LogP contribution in [-0.4, -0.2) is 49.1 Å². The molecule has 0 aromatic heterocycles. The predicted octanol–water partition coefficient (Wildman–Crippen LogP) is 2.83. The van der Waals surface area contributed by atoms with E-state index in [1.54, 1.807) is 17.0 Å². The first kappa shape index (κ1) is 18.7. The van der Waals surface area contributed by atoms with Gasteiger partial charge in [-0.2, -0.15) is 0 Å². The smallest absolute Gasteiger partial charge is 0.313 e. The zero-order chi connectivity index (χ0) is 18.4. The SMILES string of the molecule is CCC1CCCN1C(=O)C(=O)Nc1ccc(OCC2CCOCC2)cc1. The second kappa shape index (κ2) is 9.03. The topological polar surface area (TPSA) is 67.9 Å². The van der Waals surface area contributed by atoms with Gasteiger partial charge in [-0.05, 0) is 62.3 Å². The lowest BCUT2D eigenvalue weighted by atomic mass is 10.0. The Bertz CT molecular complexity index is 611. The molecule has 1 aromatic carbocycles. The van der Waals surface area contributed by atoms with Crippen LogP contribution in [0.4, 0.5) is 5.69 Å².